The number of aromatic nitrogens is 6. The third kappa shape index (κ3) is 8.23. The molecule has 2 N–H and O–H groups in total. The Bertz CT molecular complexity index is 1290. The summed E-state index contributed by atoms with van der Waals surface area (Å²) in [5, 5.41) is 22.6. The van der Waals surface area contributed by atoms with Crippen LogP contribution >= 0.6 is 11.6 Å². The molecule has 0 aliphatic rings. The van der Waals surface area contributed by atoms with Gasteiger partial charge in [0.1, 0.15) is 42.5 Å². The summed E-state index contributed by atoms with van der Waals surface area (Å²) < 4.78 is 29.9. The van der Waals surface area contributed by atoms with Crippen LogP contribution < -0.4 is 5.32 Å². The fourth-order valence-corrected chi connectivity index (χ4v) is 4.05. The number of rotatable bonds is 8. The first-order chi connectivity index (χ1) is 17.9. The highest BCUT2D eigenvalue weighted by Gasteiger charge is 2.34. The number of carbonyl (C=O) groups is 1. The Morgan fingerprint density at radius 1 is 1.03 bits per heavy atom. The van der Waals surface area contributed by atoms with E-state index < -0.39 is 17.2 Å². The van der Waals surface area contributed by atoms with Gasteiger partial charge in [-0.3, -0.25) is 4.79 Å². The van der Waals surface area contributed by atoms with Gasteiger partial charge in [0.05, 0.1) is 19.1 Å². The highest BCUT2D eigenvalue weighted by molar-refractivity contribution is 6.31. The van der Waals surface area contributed by atoms with Crippen molar-refractivity contribution in [3.63, 3.8) is 0 Å². The van der Waals surface area contributed by atoms with Crippen LogP contribution in [0.1, 0.15) is 43.6 Å². The average molecular weight is 546 g/mol. The summed E-state index contributed by atoms with van der Waals surface area (Å²) in [4.78, 5) is 19.6. The molecule has 0 amide bonds. The van der Waals surface area contributed by atoms with E-state index in [0.717, 1.165) is 12.1 Å². The van der Waals surface area contributed by atoms with Gasteiger partial charge < -0.3 is 10.4 Å². The number of benzene rings is 2. The van der Waals surface area contributed by atoms with E-state index in [2.05, 4.69) is 25.5 Å². The molecular formula is C26H30ClF2N7O2. The van der Waals surface area contributed by atoms with Gasteiger partial charge in [0, 0.05) is 27.8 Å². The molecule has 0 saturated carbocycles. The van der Waals surface area contributed by atoms with Crippen LogP contribution in [0.5, 0.6) is 0 Å². The zero-order valence-corrected chi connectivity index (χ0v) is 22.3. The monoisotopic (exact) mass is 545 g/mol. The second kappa shape index (κ2) is 12.3. The van der Waals surface area contributed by atoms with E-state index in [9.17, 15) is 18.7 Å². The molecule has 0 fully saturated rings. The maximum Gasteiger partial charge on any atom is 0.179 e. The topological polar surface area (TPSA) is 111 Å². The Balaban J connectivity index is 0.000000223. The van der Waals surface area contributed by atoms with Gasteiger partial charge in [0.15, 0.2) is 5.78 Å². The summed E-state index contributed by atoms with van der Waals surface area (Å²) in [6, 6.07) is 9.85. The van der Waals surface area contributed by atoms with Crippen molar-refractivity contribution in [1.82, 2.24) is 34.8 Å². The zero-order valence-electron chi connectivity index (χ0n) is 21.5. The summed E-state index contributed by atoms with van der Waals surface area (Å²) in [5.74, 6) is -1.50. The van der Waals surface area contributed by atoms with E-state index in [-0.39, 0.29) is 36.0 Å². The number of Topliss-reactive ketones (excluding diaryl/α,β-unsaturated/α-hetero) is 1. The second-order valence-corrected chi connectivity index (χ2v) is 10.3. The molecule has 0 saturated heterocycles. The fourth-order valence-electron chi connectivity index (χ4n) is 3.86. The highest BCUT2D eigenvalue weighted by atomic mass is 35.5. The SMILES string of the molecule is CC(NC(C)(C)C)C(=O)c1cccc(Cl)c1.OC(Cn1cncn1)(Cn1cncn1)c1ccc(F)cc1F. The van der Waals surface area contributed by atoms with Gasteiger partial charge >= 0.3 is 0 Å². The van der Waals surface area contributed by atoms with Crippen LogP contribution in [0, 0.1) is 11.6 Å². The number of hydrogen-bond acceptors (Lipinski definition) is 7. The largest absolute Gasteiger partial charge is 0.381 e. The highest BCUT2D eigenvalue weighted by Crippen LogP contribution is 2.28. The van der Waals surface area contributed by atoms with Gasteiger partial charge in [-0.15, -0.1) is 0 Å². The summed E-state index contributed by atoms with van der Waals surface area (Å²) in [6.07, 6.45) is 5.40. The number of ketones is 1. The molecule has 9 nitrogen and oxygen atoms in total. The Labute approximate surface area is 224 Å². The molecule has 0 bridgehead atoms. The number of aliphatic hydroxyl groups is 1. The third-order valence-electron chi connectivity index (χ3n) is 5.36. The lowest BCUT2D eigenvalue weighted by atomic mass is 9.93. The molecule has 202 valence electrons. The van der Waals surface area contributed by atoms with E-state index in [1.54, 1.807) is 24.3 Å². The van der Waals surface area contributed by atoms with Crippen molar-refractivity contribution in [3.05, 3.63) is 95.6 Å². The Kier molecular flexibility index (Phi) is 9.42. The molecule has 2 aromatic carbocycles. The Morgan fingerprint density at radius 2 is 1.63 bits per heavy atom. The smallest absolute Gasteiger partial charge is 0.179 e. The van der Waals surface area contributed by atoms with Crippen LogP contribution in [0.25, 0.3) is 0 Å². The molecule has 1 atom stereocenters. The average Bonchev–Trinajstić information content (AvgIpc) is 3.52. The van der Waals surface area contributed by atoms with Crippen LogP contribution in [-0.2, 0) is 18.7 Å². The summed E-state index contributed by atoms with van der Waals surface area (Å²) >= 11 is 5.85. The van der Waals surface area contributed by atoms with Crippen molar-refractivity contribution in [2.45, 2.75) is 58.0 Å². The van der Waals surface area contributed by atoms with Crippen LogP contribution in [0.15, 0.2) is 67.8 Å². The first kappa shape index (κ1) is 29.0. The lowest BCUT2D eigenvalue weighted by Gasteiger charge is -2.28. The van der Waals surface area contributed by atoms with E-state index in [1.807, 2.05) is 27.7 Å². The second-order valence-electron chi connectivity index (χ2n) is 9.83. The van der Waals surface area contributed by atoms with Crippen LogP contribution in [0.2, 0.25) is 5.02 Å². The Hall–Kier alpha value is -3.54. The minimum Gasteiger partial charge on any atom is -0.381 e. The van der Waals surface area contributed by atoms with E-state index in [4.69, 9.17) is 11.6 Å². The van der Waals surface area contributed by atoms with Crippen molar-refractivity contribution in [1.29, 1.82) is 0 Å². The molecule has 38 heavy (non-hydrogen) atoms. The van der Waals surface area contributed by atoms with Crippen LogP contribution in [0.3, 0.4) is 0 Å². The van der Waals surface area contributed by atoms with Gasteiger partial charge in [-0.1, -0.05) is 29.8 Å². The Morgan fingerprint density at radius 3 is 2.11 bits per heavy atom. The van der Waals surface area contributed by atoms with E-state index in [0.29, 0.717) is 10.6 Å². The number of halogens is 3. The molecule has 0 radical (unpaired) electrons. The minimum atomic E-state index is -1.70. The molecular weight excluding hydrogens is 516 g/mol. The summed E-state index contributed by atoms with van der Waals surface area (Å²) in [5.41, 5.74) is -1.18. The lowest BCUT2D eigenvalue weighted by Crippen LogP contribution is -2.46. The zero-order chi connectivity index (χ0) is 27.9. The van der Waals surface area contributed by atoms with Crippen molar-refractivity contribution in [2.75, 3.05) is 0 Å². The van der Waals surface area contributed by atoms with Crippen LogP contribution in [-0.4, -0.2) is 52.0 Å². The number of nitrogens with zero attached hydrogens (tertiary/aromatic N) is 6. The summed E-state index contributed by atoms with van der Waals surface area (Å²) in [7, 11) is 0. The first-order valence-corrected chi connectivity index (χ1v) is 12.1. The first-order valence-electron chi connectivity index (χ1n) is 11.8. The standard InChI is InChI=1S/C13H18ClNO.C13H12F2N6O/c1-9(15-13(2,3)4)12(16)10-6-5-7-11(14)8-10;14-10-1-2-11(12(15)3-10)13(22,4-20-8-16-6-18-20)5-21-9-17-7-19-21/h5-9,15H,1-4H3;1-3,6-9,22H,4-5H2. The van der Waals surface area contributed by atoms with Crippen molar-refractivity contribution in [3.8, 4) is 0 Å². The minimum absolute atomic E-state index is 0.0556. The van der Waals surface area contributed by atoms with Crippen LogP contribution in [0.4, 0.5) is 8.78 Å². The van der Waals surface area contributed by atoms with Gasteiger partial charge in [-0.05, 0) is 45.9 Å². The molecule has 0 aliphatic carbocycles. The molecule has 4 rings (SSSR count). The molecule has 0 aliphatic heterocycles. The summed E-state index contributed by atoms with van der Waals surface area (Å²) in [6.45, 7) is 7.83. The molecule has 0 spiro atoms. The molecule has 2 heterocycles. The number of nitrogens with one attached hydrogen (secondary N) is 1. The van der Waals surface area contributed by atoms with E-state index >= 15 is 0 Å². The maximum atomic E-state index is 14.1. The lowest BCUT2D eigenvalue weighted by molar-refractivity contribution is -0.00856. The normalized spacial score (nSPS) is 12.5. The molecule has 12 heteroatoms. The predicted octanol–water partition coefficient (Wildman–Crippen LogP) is 4.04. The van der Waals surface area contributed by atoms with E-state index in [1.165, 1.54) is 40.7 Å². The molecule has 1 unspecified atom stereocenters. The molecule has 2 aromatic heterocycles. The van der Waals surface area contributed by atoms with Gasteiger partial charge in [-0.25, -0.2) is 28.1 Å². The van der Waals surface area contributed by atoms with Gasteiger partial charge in [0.25, 0.3) is 0 Å². The van der Waals surface area contributed by atoms with Crippen molar-refractivity contribution >= 4 is 17.4 Å². The number of hydrogen-bond donors (Lipinski definition) is 2. The fraction of sp³-hybridized carbons (Fsp3) is 0.346. The third-order valence-corrected chi connectivity index (χ3v) is 5.60. The van der Waals surface area contributed by atoms with Gasteiger partial charge in [-0.2, -0.15) is 10.2 Å². The van der Waals surface area contributed by atoms with Crippen molar-refractivity contribution in [2.24, 2.45) is 0 Å². The predicted molar refractivity (Wildman–Crippen MR) is 138 cm³/mol. The quantitative estimate of drug-likeness (QED) is 0.321. The number of carbonyl (C=O) groups excluding carboxylic acids is 1. The van der Waals surface area contributed by atoms with Crippen molar-refractivity contribution < 1.29 is 18.7 Å². The molecule has 4 aromatic rings. The van der Waals surface area contributed by atoms with Gasteiger partial charge in [0.2, 0.25) is 0 Å². The maximum absolute atomic E-state index is 14.1.